The standard InChI is InChI=1S/C20H23NO2S/c1-13(2)20(23)21-17-11-9-16(10-12-17)19(22)15(4)24-18-8-6-5-7-14(18)3/h5-13,15H,1-4H3,(H,21,23). The summed E-state index contributed by atoms with van der Waals surface area (Å²) >= 11 is 1.57. The van der Waals surface area contributed by atoms with Gasteiger partial charge in [0.1, 0.15) is 0 Å². The maximum atomic E-state index is 12.6. The van der Waals surface area contributed by atoms with Crippen molar-refractivity contribution in [1.29, 1.82) is 0 Å². The predicted molar refractivity (Wildman–Crippen MR) is 101 cm³/mol. The summed E-state index contributed by atoms with van der Waals surface area (Å²) in [6.45, 7) is 7.66. The molecule has 1 unspecified atom stereocenters. The Labute approximate surface area is 147 Å². The molecule has 126 valence electrons. The van der Waals surface area contributed by atoms with Gasteiger partial charge in [-0.25, -0.2) is 0 Å². The van der Waals surface area contributed by atoms with Gasteiger partial charge in [0.25, 0.3) is 0 Å². The van der Waals surface area contributed by atoms with Crippen LogP contribution in [0.4, 0.5) is 5.69 Å². The van der Waals surface area contributed by atoms with Crippen molar-refractivity contribution in [3.63, 3.8) is 0 Å². The fraction of sp³-hybridized carbons (Fsp3) is 0.300. The molecule has 0 aliphatic rings. The highest BCUT2D eigenvalue weighted by atomic mass is 32.2. The minimum atomic E-state index is -0.165. The largest absolute Gasteiger partial charge is 0.326 e. The summed E-state index contributed by atoms with van der Waals surface area (Å²) in [7, 11) is 0. The molecule has 0 saturated carbocycles. The summed E-state index contributed by atoms with van der Waals surface area (Å²) in [6, 6.07) is 15.2. The first-order chi connectivity index (χ1) is 11.4. The van der Waals surface area contributed by atoms with Crippen molar-refractivity contribution in [2.24, 2.45) is 5.92 Å². The summed E-state index contributed by atoms with van der Waals surface area (Å²) < 4.78 is 0. The average molecular weight is 341 g/mol. The number of nitrogens with one attached hydrogen (secondary N) is 1. The van der Waals surface area contributed by atoms with Gasteiger partial charge in [0.05, 0.1) is 5.25 Å². The predicted octanol–water partition coefficient (Wildman–Crippen LogP) is 4.95. The third-order valence-corrected chi connectivity index (χ3v) is 5.01. The number of hydrogen-bond acceptors (Lipinski definition) is 3. The van der Waals surface area contributed by atoms with E-state index in [1.807, 2.05) is 52.0 Å². The van der Waals surface area contributed by atoms with Gasteiger partial charge in [0.15, 0.2) is 5.78 Å². The summed E-state index contributed by atoms with van der Waals surface area (Å²) in [5.41, 5.74) is 2.55. The molecule has 2 aromatic rings. The van der Waals surface area contributed by atoms with Gasteiger partial charge in [-0.3, -0.25) is 9.59 Å². The lowest BCUT2D eigenvalue weighted by atomic mass is 10.1. The molecule has 1 atom stereocenters. The van der Waals surface area contributed by atoms with Crippen LogP contribution in [0, 0.1) is 12.8 Å². The normalized spacial score (nSPS) is 12.0. The van der Waals surface area contributed by atoms with Crippen molar-refractivity contribution in [2.45, 2.75) is 37.8 Å². The van der Waals surface area contributed by atoms with Crippen molar-refractivity contribution in [3.8, 4) is 0 Å². The van der Waals surface area contributed by atoms with Crippen LogP contribution < -0.4 is 5.32 Å². The first-order valence-corrected chi connectivity index (χ1v) is 8.94. The van der Waals surface area contributed by atoms with E-state index in [9.17, 15) is 9.59 Å². The van der Waals surface area contributed by atoms with E-state index in [4.69, 9.17) is 0 Å². The van der Waals surface area contributed by atoms with Crippen molar-refractivity contribution in [1.82, 2.24) is 0 Å². The second-order valence-corrected chi connectivity index (χ2v) is 7.49. The van der Waals surface area contributed by atoms with E-state index >= 15 is 0 Å². The summed E-state index contributed by atoms with van der Waals surface area (Å²) in [5, 5.41) is 2.66. The molecule has 0 fully saturated rings. The van der Waals surface area contributed by atoms with Crippen LogP contribution >= 0.6 is 11.8 Å². The number of amides is 1. The molecular weight excluding hydrogens is 318 g/mol. The van der Waals surface area contributed by atoms with E-state index in [-0.39, 0.29) is 22.9 Å². The zero-order valence-corrected chi connectivity index (χ0v) is 15.3. The summed E-state index contributed by atoms with van der Waals surface area (Å²) in [6.07, 6.45) is 0. The third kappa shape index (κ3) is 4.71. The third-order valence-electron chi connectivity index (χ3n) is 3.73. The van der Waals surface area contributed by atoms with Crippen molar-refractivity contribution in [3.05, 3.63) is 59.7 Å². The topological polar surface area (TPSA) is 46.2 Å². The minimum Gasteiger partial charge on any atom is -0.326 e. The highest BCUT2D eigenvalue weighted by Gasteiger charge is 2.17. The van der Waals surface area contributed by atoms with Crippen molar-refractivity contribution in [2.75, 3.05) is 5.32 Å². The lowest BCUT2D eigenvalue weighted by Crippen LogP contribution is -2.18. The van der Waals surface area contributed by atoms with Crippen LogP contribution in [-0.2, 0) is 4.79 Å². The van der Waals surface area contributed by atoms with E-state index in [1.54, 1.807) is 36.0 Å². The number of Topliss-reactive ketones (excluding diaryl/α,β-unsaturated/α-hetero) is 1. The van der Waals surface area contributed by atoms with Gasteiger partial charge in [-0.1, -0.05) is 32.0 Å². The van der Waals surface area contributed by atoms with Gasteiger partial charge in [-0.15, -0.1) is 11.8 Å². The molecule has 0 radical (unpaired) electrons. The number of thioether (sulfide) groups is 1. The minimum absolute atomic E-state index is 0.0300. The fourth-order valence-electron chi connectivity index (χ4n) is 2.17. The van der Waals surface area contributed by atoms with Crippen LogP contribution in [0.5, 0.6) is 0 Å². The molecule has 0 heterocycles. The van der Waals surface area contributed by atoms with Crippen LogP contribution in [0.1, 0.15) is 36.7 Å². The summed E-state index contributed by atoms with van der Waals surface area (Å²) in [4.78, 5) is 25.4. The Morgan fingerprint density at radius 3 is 2.17 bits per heavy atom. The van der Waals surface area contributed by atoms with Gasteiger partial charge in [0.2, 0.25) is 5.91 Å². The molecule has 24 heavy (non-hydrogen) atoms. The van der Waals surface area contributed by atoms with E-state index < -0.39 is 0 Å². The van der Waals surface area contributed by atoms with E-state index in [0.717, 1.165) is 4.90 Å². The summed E-state index contributed by atoms with van der Waals surface area (Å²) in [5.74, 6) is -0.0145. The number of carbonyl (C=O) groups excluding carboxylic acids is 2. The Morgan fingerprint density at radius 1 is 0.958 bits per heavy atom. The molecule has 2 aromatic carbocycles. The number of hydrogen-bond donors (Lipinski definition) is 1. The number of benzene rings is 2. The lowest BCUT2D eigenvalue weighted by molar-refractivity contribution is -0.118. The molecule has 1 amide bonds. The Hall–Kier alpha value is -2.07. The van der Waals surface area contributed by atoms with Crippen LogP contribution in [0.2, 0.25) is 0 Å². The number of rotatable bonds is 6. The maximum Gasteiger partial charge on any atom is 0.226 e. The van der Waals surface area contributed by atoms with Crippen LogP contribution in [0.15, 0.2) is 53.4 Å². The van der Waals surface area contributed by atoms with Gasteiger partial charge in [0, 0.05) is 22.1 Å². The molecule has 0 aromatic heterocycles. The lowest BCUT2D eigenvalue weighted by Gasteiger charge is -2.13. The first-order valence-electron chi connectivity index (χ1n) is 8.06. The van der Waals surface area contributed by atoms with Gasteiger partial charge >= 0.3 is 0 Å². The quantitative estimate of drug-likeness (QED) is 0.597. The van der Waals surface area contributed by atoms with Gasteiger partial charge < -0.3 is 5.32 Å². The highest BCUT2D eigenvalue weighted by Crippen LogP contribution is 2.28. The van der Waals surface area contributed by atoms with Gasteiger partial charge in [-0.2, -0.15) is 0 Å². The Bertz CT molecular complexity index is 723. The van der Waals surface area contributed by atoms with Crippen LogP contribution in [0.3, 0.4) is 0 Å². The molecule has 0 aliphatic carbocycles. The zero-order chi connectivity index (χ0) is 17.7. The second-order valence-electron chi connectivity index (χ2n) is 6.11. The van der Waals surface area contributed by atoms with Crippen molar-refractivity contribution < 1.29 is 9.59 Å². The van der Waals surface area contributed by atoms with Crippen LogP contribution in [0.25, 0.3) is 0 Å². The molecular formula is C20H23NO2S. The molecule has 4 heteroatoms. The van der Waals surface area contributed by atoms with E-state index in [0.29, 0.717) is 11.3 Å². The average Bonchev–Trinajstić information content (AvgIpc) is 2.56. The zero-order valence-electron chi connectivity index (χ0n) is 14.5. The highest BCUT2D eigenvalue weighted by molar-refractivity contribution is 8.00. The van der Waals surface area contributed by atoms with Gasteiger partial charge in [-0.05, 0) is 49.7 Å². The first kappa shape index (κ1) is 18.3. The van der Waals surface area contributed by atoms with E-state index in [1.165, 1.54) is 5.56 Å². The number of ketones is 1. The molecule has 1 N–H and O–H groups in total. The number of aryl methyl sites for hydroxylation is 1. The van der Waals surface area contributed by atoms with Crippen LogP contribution in [-0.4, -0.2) is 16.9 Å². The molecule has 0 bridgehead atoms. The van der Waals surface area contributed by atoms with E-state index in [2.05, 4.69) is 5.32 Å². The smallest absolute Gasteiger partial charge is 0.226 e. The Balaban J connectivity index is 2.04. The maximum absolute atomic E-state index is 12.6. The molecule has 3 nitrogen and oxygen atoms in total. The number of carbonyl (C=O) groups is 2. The SMILES string of the molecule is Cc1ccccc1SC(C)C(=O)c1ccc(NC(=O)C(C)C)cc1. The molecule has 0 aliphatic heterocycles. The second kappa shape index (κ2) is 8.15. The molecule has 0 saturated heterocycles. The molecule has 0 spiro atoms. The fourth-order valence-corrected chi connectivity index (χ4v) is 3.21. The Morgan fingerprint density at radius 2 is 1.58 bits per heavy atom. The monoisotopic (exact) mass is 341 g/mol. The molecule has 2 rings (SSSR count). The Kier molecular flexibility index (Phi) is 6.21. The van der Waals surface area contributed by atoms with Crippen molar-refractivity contribution >= 4 is 29.1 Å². The number of anilines is 1.